The zero-order chi connectivity index (χ0) is 20.7. The molecule has 1 aromatic carbocycles. The van der Waals surface area contributed by atoms with Crippen LogP contribution in [0.15, 0.2) is 23.0 Å². The number of amides is 2. The number of rotatable bonds is 2. The third-order valence-electron chi connectivity index (χ3n) is 5.69. The number of anilines is 2. The van der Waals surface area contributed by atoms with E-state index in [4.69, 9.17) is 4.98 Å². The van der Waals surface area contributed by atoms with Crippen molar-refractivity contribution in [2.24, 2.45) is 5.92 Å². The molecule has 3 aromatic rings. The van der Waals surface area contributed by atoms with Crippen molar-refractivity contribution in [1.29, 1.82) is 0 Å². The molecule has 2 aromatic heterocycles. The Labute approximate surface area is 174 Å². The topological polar surface area (TPSA) is 76.0 Å². The molecule has 0 radical (unpaired) electrons. The van der Waals surface area contributed by atoms with E-state index in [2.05, 4.69) is 17.6 Å². The molecule has 1 aliphatic rings. The van der Waals surface area contributed by atoms with Crippen molar-refractivity contribution in [3.63, 3.8) is 0 Å². The van der Waals surface area contributed by atoms with Crippen molar-refractivity contribution in [3.8, 4) is 0 Å². The van der Waals surface area contributed by atoms with Crippen molar-refractivity contribution < 1.29 is 4.79 Å². The second kappa shape index (κ2) is 7.63. The number of aryl methyl sites for hydroxylation is 4. The van der Waals surface area contributed by atoms with Gasteiger partial charge in [-0.3, -0.25) is 14.7 Å². The summed E-state index contributed by atoms with van der Waals surface area (Å²) < 4.78 is 1.82. The largest absolute Gasteiger partial charge is 0.324 e. The maximum atomic E-state index is 13.1. The molecule has 4 rings (SSSR count). The van der Waals surface area contributed by atoms with Crippen LogP contribution in [0, 0.1) is 26.7 Å². The molecule has 0 unspecified atom stereocenters. The third kappa shape index (κ3) is 3.79. The third-order valence-corrected chi connectivity index (χ3v) is 6.79. The van der Waals surface area contributed by atoms with Gasteiger partial charge in [0, 0.05) is 18.7 Å². The first-order valence-corrected chi connectivity index (χ1v) is 10.8. The highest BCUT2D eigenvalue weighted by molar-refractivity contribution is 7.22. The van der Waals surface area contributed by atoms with Crippen LogP contribution >= 0.6 is 11.3 Å². The van der Waals surface area contributed by atoms with E-state index in [1.165, 1.54) is 11.3 Å². The van der Waals surface area contributed by atoms with Gasteiger partial charge in [0.2, 0.25) is 0 Å². The Bertz CT molecular complexity index is 1160. The van der Waals surface area contributed by atoms with Crippen LogP contribution in [0.2, 0.25) is 0 Å². The Balaban J connectivity index is 1.63. The van der Waals surface area contributed by atoms with Crippen LogP contribution in [0.3, 0.4) is 0 Å². The van der Waals surface area contributed by atoms with Crippen molar-refractivity contribution >= 4 is 38.3 Å². The highest BCUT2D eigenvalue weighted by Crippen LogP contribution is 2.33. The first-order valence-electron chi connectivity index (χ1n) is 10.0. The predicted octanol–water partition coefficient (Wildman–Crippen LogP) is 5.00. The number of carbonyl (C=O) groups is 1. The van der Waals surface area contributed by atoms with E-state index >= 15 is 0 Å². The molecule has 0 fully saturated rings. The van der Waals surface area contributed by atoms with Gasteiger partial charge in [-0.1, -0.05) is 36.0 Å². The number of urea groups is 1. The van der Waals surface area contributed by atoms with Crippen LogP contribution in [-0.4, -0.2) is 15.6 Å². The van der Waals surface area contributed by atoms with Crippen LogP contribution in [0.25, 0.3) is 10.2 Å². The summed E-state index contributed by atoms with van der Waals surface area (Å²) in [5, 5.41) is 7.09. The molecule has 7 heteroatoms. The lowest BCUT2D eigenvalue weighted by atomic mass is 10.0. The van der Waals surface area contributed by atoms with Gasteiger partial charge in [0.25, 0.3) is 5.56 Å². The molecule has 0 aliphatic carbocycles. The van der Waals surface area contributed by atoms with E-state index in [1.54, 1.807) is 0 Å². The quantitative estimate of drug-likeness (QED) is 0.624. The summed E-state index contributed by atoms with van der Waals surface area (Å²) in [4.78, 5) is 31.2. The number of aromatic nitrogens is 2. The van der Waals surface area contributed by atoms with Crippen LogP contribution in [0.1, 0.15) is 42.3 Å². The Morgan fingerprint density at radius 3 is 2.76 bits per heavy atom. The number of benzene rings is 1. The molecule has 29 heavy (non-hydrogen) atoms. The zero-order valence-electron chi connectivity index (χ0n) is 17.3. The van der Waals surface area contributed by atoms with Crippen molar-refractivity contribution in [2.75, 3.05) is 10.6 Å². The average molecular weight is 411 g/mol. The van der Waals surface area contributed by atoms with Gasteiger partial charge in [-0.2, -0.15) is 0 Å². The number of thiophene rings is 1. The zero-order valence-corrected chi connectivity index (χ0v) is 18.1. The van der Waals surface area contributed by atoms with Crippen molar-refractivity contribution in [1.82, 2.24) is 9.55 Å². The molecule has 1 aliphatic heterocycles. The van der Waals surface area contributed by atoms with E-state index in [0.717, 1.165) is 47.5 Å². The number of hydrogen-bond acceptors (Lipinski definition) is 4. The molecule has 152 valence electrons. The lowest BCUT2D eigenvalue weighted by Gasteiger charge is -2.10. The summed E-state index contributed by atoms with van der Waals surface area (Å²) in [5.41, 5.74) is 3.72. The Hall–Kier alpha value is -2.67. The minimum Gasteiger partial charge on any atom is -0.307 e. The molecule has 2 amide bonds. The second-order valence-electron chi connectivity index (χ2n) is 8.05. The highest BCUT2D eigenvalue weighted by atomic mass is 32.1. The first kappa shape index (κ1) is 19.6. The van der Waals surface area contributed by atoms with Crippen LogP contribution in [0.5, 0.6) is 0 Å². The molecule has 0 saturated heterocycles. The number of hydrogen-bond donors (Lipinski definition) is 2. The van der Waals surface area contributed by atoms with Gasteiger partial charge in [0.05, 0.1) is 5.39 Å². The molecular formula is C22H26N4O2S. The molecule has 2 N–H and O–H groups in total. The van der Waals surface area contributed by atoms with Crippen LogP contribution in [-0.2, 0) is 13.0 Å². The van der Waals surface area contributed by atoms with E-state index in [1.807, 2.05) is 43.5 Å². The van der Waals surface area contributed by atoms with E-state index in [9.17, 15) is 9.59 Å². The summed E-state index contributed by atoms with van der Waals surface area (Å²) in [6.07, 6.45) is 2.86. The Morgan fingerprint density at radius 1 is 1.21 bits per heavy atom. The first-order chi connectivity index (χ1) is 13.8. The molecule has 0 saturated carbocycles. The van der Waals surface area contributed by atoms with Gasteiger partial charge in [-0.25, -0.2) is 9.78 Å². The average Bonchev–Trinajstić information content (AvgIpc) is 2.84. The van der Waals surface area contributed by atoms with Crippen molar-refractivity contribution in [3.05, 3.63) is 51.1 Å². The van der Waals surface area contributed by atoms with Gasteiger partial charge in [-0.05, 0) is 56.7 Å². The SMILES string of the molecule is Cc1ccc(NC(=O)Nc2sc3nc4n(c(=O)c3c2C)CC[C@H](C)CC4)c(C)c1. The van der Waals surface area contributed by atoms with Gasteiger partial charge in [0.15, 0.2) is 0 Å². The van der Waals surface area contributed by atoms with Gasteiger partial charge in [0.1, 0.15) is 15.7 Å². The molecule has 1 atom stereocenters. The standard InChI is InChI=1S/C22H26N4O2S/c1-12-6-8-17-24-20-18(21(27)26(17)10-9-12)15(4)19(29-20)25-22(28)23-16-7-5-13(2)11-14(16)3/h5,7,11-12H,6,8-10H2,1-4H3,(H2,23,25,28)/t12-/m1/s1. The summed E-state index contributed by atoms with van der Waals surface area (Å²) in [6.45, 7) is 8.79. The maximum absolute atomic E-state index is 13.1. The minimum atomic E-state index is -0.318. The molecule has 6 nitrogen and oxygen atoms in total. The summed E-state index contributed by atoms with van der Waals surface area (Å²) >= 11 is 1.37. The number of nitrogens with one attached hydrogen (secondary N) is 2. The van der Waals surface area contributed by atoms with E-state index in [-0.39, 0.29) is 11.6 Å². The number of carbonyl (C=O) groups excluding carboxylic acids is 1. The smallest absolute Gasteiger partial charge is 0.307 e. The Kier molecular flexibility index (Phi) is 5.17. The van der Waals surface area contributed by atoms with Crippen LogP contribution in [0.4, 0.5) is 15.5 Å². The van der Waals surface area contributed by atoms with E-state index < -0.39 is 0 Å². The van der Waals surface area contributed by atoms with Crippen LogP contribution < -0.4 is 16.2 Å². The Morgan fingerprint density at radius 2 is 2.00 bits per heavy atom. The fourth-order valence-corrected chi connectivity index (χ4v) is 4.96. The van der Waals surface area contributed by atoms with E-state index in [0.29, 0.717) is 27.7 Å². The molecular weight excluding hydrogens is 384 g/mol. The normalized spacial score (nSPS) is 16.3. The number of nitrogens with zero attached hydrogens (tertiary/aromatic N) is 2. The summed E-state index contributed by atoms with van der Waals surface area (Å²) in [6, 6.07) is 5.57. The fourth-order valence-electron chi connectivity index (χ4n) is 3.88. The maximum Gasteiger partial charge on any atom is 0.324 e. The second-order valence-corrected chi connectivity index (χ2v) is 9.05. The van der Waals surface area contributed by atoms with Gasteiger partial charge < -0.3 is 5.32 Å². The number of fused-ring (bicyclic) bond motifs is 2. The molecule has 0 spiro atoms. The molecule has 3 heterocycles. The van der Waals surface area contributed by atoms with Crippen molar-refractivity contribution in [2.45, 2.75) is 53.5 Å². The highest BCUT2D eigenvalue weighted by Gasteiger charge is 2.21. The predicted molar refractivity (Wildman–Crippen MR) is 119 cm³/mol. The fraction of sp³-hybridized carbons (Fsp3) is 0.409. The van der Waals surface area contributed by atoms with Gasteiger partial charge in [-0.15, -0.1) is 0 Å². The summed E-state index contributed by atoms with van der Waals surface area (Å²) in [5.74, 6) is 1.46. The lowest BCUT2D eigenvalue weighted by molar-refractivity contribution is 0.262. The van der Waals surface area contributed by atoms with Gasteiger partial charge >= 0.3 is 6.03 Å². The summed E-state index contributed by atoms with van der Waals surface area (Å²) in [7, 11) is 0. The monoisotopic (exact) mass is 410 g/mol. The lowest BCUT2D eigenvalue weighted by Crippen LogP contribution is -2.24. The molecule has 0 bridgehead atoms. The minimum absolute atomic E-state index is 0.00990.